The van der Waals surface area contributed by atoms with Crippen molar-refractivity contribution in [3.63, 3.8) is 0 Å². The molecule has 0 aliphatic heterocycles. The van der Waals surface area contributed by atoms with Crippen LogP contribution in [0.4, 0.5) is 4.39 Å². The fourth-order valence-electron chi connectivity index (χ4n) is 4.19. The molecule has 0 saturated carbocycles. The Bertz CT molecular complexity index is 1430. The Kier molecular flexibility index (Phi) is 9.67. The van der Waals surface area contributed by atoms with Crippen LogP contribution in [-0.2, 0) is 25.8 Å². The zero-order valence-electron chi connectivity index (χ0n) is 21.5. The predicted octanol–water partition coefficient (Wildman–Crippen LogP) is 2.34. The highest BCUT2D eigenvalue weighted by Gasteiger charge is 2.31. The van der Waals surface area contributed by atoms with Gasteiger partial charge in [0, 0.05) is 5.92 Å². The summed E-state index contributed by atoms with van der Waals surface area (Å²) in [5.74, 6) is -2.82. The number of nitrogens with one attached hydrogen (secondary N) is 1. The smallest absolute Gasteiger partial charge is 0.391 e. The number of aliphatic hydroxyl groups excluding tert-OH is 1. The van der Waals surface area contributed by atoms with Crippen LogP contribution in [-0.4, -0.2) is 57.6 Å². The van der Waals surface area contributed by atoms with E-state index in [1.54, 1.807) is 30.3 Å². The molecule has 3 atom stereocenters. The first kappa shape index (κ1) is 30.0. The van der Waals surface area contributed by atoms with Gasteiger partial charge in [-0.1, -0.05) is 24.3 Å². The standard InChI is InChI=1S/C26H31FN4O7S/c1-26(2,38-39(35,36)37)11-10-17(24(28)33)14-23(32)21(13-16-6-5-7-18(27)12-16)31-25(34)22-15-29-19-8-3-4-9-20(19)30-22/h3-9,12,15,17,21,23,32H,10-11,13-14H2,1-2H3,(H2,28,33)(H,31,34)(H,35,36,37). The fourth-order valence-corrected chi connectivity index (χ4v) is 4.84. The zero-order valence-corrected chi connectivity index (χ0v) is 22.3. The Morgan fingerprint density at radius 2 is 1.85 bits per heavy atom. The van der Waals surface area contributed by atoms with Crippen LogP contribution in [0.3, 0.4) is 0 Å². The van der Waals surface area contributed by atoms with E-state index in [4.69, 9.17) is 10.3 Å². The lowest BCUT2D eigenvalue weighted by molar-refractivity contribution is -0.123. The van der Waals surface area contributed by atoms with Gasteiger partial charge in [-0.05, 0) is 69.4 Å². The molecule has 1 heterocycles. The molecule has 1 aromatic heterocycles. The van der Waals surface area contributed by atoms with E-state index >= 15 is 0 Å². The van der Waals surface area contributed by atoms with E-state index in [1.165, 1.54) is 38.2 Å². The monoisotopic (exact) mass is 562 g/mol. The van der Waals surface area contributed by atoms with E-state index in [0.717, 1.165) is 0 Å². The molecule has 0 saturated heterocycles. The minimum Gasteiger partial charge on any atom is -0.391 e. The van der Waals surface area contributed by atoms with Crippen molar-refractivity contribution in [3.05, 3.63) is 71.8 Å². The van der Waals surface area contributed by atoms with E-state index < -0.39 is 51.7 Å². The normalized spacial score (nSPS) is 14.5. The number of nitrogens with two attached hydrogens (primary N) is 1. The van der Waals surface area contributed by atoms with Crippen molar-refractivity contribution in [3.8, 4) is 0 Å². The van der Waals surface area contributed by atoms with E-state index in [9.17, 15) is 27.5 Å². The van der Waals surface area contributed by atoms with Gasteiger partial charge in [-0.3, -0.25) is 19.1 Å². The highest BCUT2D eigenvalue weighted by Crippen LogP contribution is 2.25. The van der Waals surface area contributed by atoms with Crippen LogP contribution in [0.5, 0.6) is 0 Å². The Balaban J connectivity index is 1.79. The van der Waals surface area contributed by atoms with Crippen LogP contribution >= 0.6 is 0 Å². The number of amides is 2. The average Bonchev–Trinajstić information content (AvgIpc) is 2.84. The van der Waals surface area contributed by atoms with Crippen LogP contribution in [0.25, 0.3) is 11.0 Å². The lowest BCUT2D eigenvalue weighted by Gasteiger charge is -2.28. The summed E-state index contributed by atoms with van der Waals surface area (Å²) in [6.07, 6.45) is -0.164. The number of hydrogen-bond acceptors (Lipinski definition) is 8. The molecule has 0 spiro atoms. The molecule has 0 aliphatic carbocycles. The van der Waals surface area contributed by atoms with Gasteiger partial charge in [0.15, 0.2) is 0 Å². The SMILES string of the molecule is CC(C)(CCC(CC(O)C(Cc1cccc(F)c1)NC(=O)c1cnc2ccccc2n1)C(N)=O)OS(=O)(=O)O. The maximum Gasteiger partial charge on any atom is 0.397 e. The van der Waals surface area contributed by atoms with Crippen LogP contribution in [0.2, 0.25) is 0 Å². The Hall–Kier alpha value is -3.52. The number of nitrogens with zero attached hydrogens (tertiary/aromatic N) is 2. The van der Waals surface area contributed by atoms with Gasteiger partial charge < -0.3 is 16.2 Å². The van der Waals surface area contributed by atoms with Crippen LogP contribution in [0.1, 0.15) is 49.2 Å². The van der Waals surface area contributed by atoms with E-state index in [1.807, 2.05) is 0 Å². The molecular formula is C26H31FN4O7S. The molecule has 0 aliphatic rings. The minimum absolute atomic E-state index is 0.000652. The fraction of sp³-hybridized carbons (Fsp3) is 0.385. The number of aromatic nitrogens is 2. The number of primary amides is 1. The predicted molar refractivity (Wildman–Crippen MR) is 140 cm³/mol. The van der Waals surface area contributed by atoms with Crippen LogP contribution in [0.15, 0.2) is 54.7 Å². The topological polar surface area (TPSA) is 182 Å². The number of rotatable bonds is 13. The van der Waals surface area contributed by atoms with Crippen LogP contribution < -0.4 is 11.1 Å². The number of aliphatic hydroxyl groups is 1. The Labute approximate surface area is 225 Å². The van der Waals surface area contributed by atoms with Gasteiger partial charge in [-0.15, -0.1) is 0 Å². The summed E-state index contributed by atoms with van der Waals surface area (Å²) < 4.78 is 49.7. The quantitative estimate of drug-likeness (QED) is 0.227. The molecule has 5 N–H and O–H groups in total. The molecule has 3 rings (SSSR count). The molecule has 39 heavy (non-hydrogen) atoms. The van der Waals surface area contributed by atoms with Gasteiger partial charge >= 0.3 is 10.4 Å². The lowest BCUT2D eigenvalue weighted by atomic mass is 9.87. The first-order valence-electron chi connectivity index (χ1n) is 12.1. The number of para-hydroxylation sites is 2. The molecule has 2 aromatic carbocycles. The second-order valence-corrected chi connectivity index (χ2v) is 10.9. The molecule has 2 amide bonds. The summed E-state index contributed by atoms with van der Waals surface area (Å²) >= 11 is 0. The summed E-state index contributed by atoms with van der Waals surface area (Å²) in [6.45, 7) is 2.82. The molecular weight excluding hydrogens is 531 g/mol. The van der Waals surface area contributed by atoms with Gasteiger partial charge in [0.2, 0.25) is 5.91 Å². The molecule has 0 radical (unpaired) electrons. The molecule has 3 unspecified atom stereocenters. The number of benzene rings is 2. The zero-order chi connectivity index (χ0) is 28.8. The molecule has 210 valence electrons. The molecule has 3 aromatic rings. The molecule has 13 heteroatoms. The third-order valence-electron chi connectivity index (χ3n) is 6.16. The van der Waals surface area contributed by atoms with Crippen molar-refractivity contribution in [1.29, 1.82) is 0 Å². The van der Waals surface area contributed by atoms with E-state index in [-0.39, 0.29) is 31.4 Å². The Morgan fingerprint density at radius 3 is 2.49 bits per heavy atom. The summed E-state index contributed by atoms with van der Waals surface area (Å²) in [4.78, 5) is 33.8. The van der Waals surface area contributed by atoms with E-state index in [0.29, 0.717) is 16.6 Å². The highest BCUT2D eigenvalue weighted by atomic mass is 32.3. The minimum atomic E-state index is -4.73. The van der Waals surface area contributed by atoms with Crippen molar-refractivity contribution >= 4 is 33.2 Å². The van der Waals surface area contributed by atoms with Crippen molar-refractivity contribution < 1.29 is 36.2 Å². The maximum absolute atomic E-state index is 13.8. The second kappa shape index (κ2) is 12.6. The maximum atomic E-state index is 13.8. The highest BCUT2D eigenvalue weighted by molar-refractivity contribution is 7.80. The van der Waals surface area contributed by atoms with Gasteiger partial charge in [0.25, 0.3) is 5.91 Å². The second-order valence-electron chi connectivity index (χ2n) is 9.87. The number of fused-ring (bicyclic) bond motifs is 1. The van der Waals surface area contributed by atoms with Crippen molar-refractivity contribution in [2.75, 3.05) is 0 Å². The van der Waals surface area contributed by atoms with Gasteiger partial charge in [0.05, 0.1) is 35.0 Å². The average molecular weight is 563 g/mol. The van der Waals surface area contributed by atoms with Crippen molar-refractivity contribution in [2.24, 2.45) is 11.7 Å². The summed E-state index contributed by atoms with van der Waals surface area (Å²) in [5, 5.41) is 13.8. The first-order valence-corrected chi connectivity index (χ1v) is 13.5. The molecule has 11 nitrogen and oxygen atoms in total. The van der Waals surface area contributed by atoms with Crippen LogP contribution in [0, 0.1) is 11.7 Å². The summed E-state index contributed by atoms with van der Waals surface area (Å²) in [7, 11) is -4.73. The molecule has 0 bridgehead atoms. The largest absolute Gasteiger partial charge is 0.397 e. The molecule has 0 fully saturated rings. The third kappa shape index (κ3) is 9.32. The van der Waals surface area contributed by atoms with Gasteiger partial charge in [-0.2, -0.15) is 8.42 Å². The van der Waals surface area contributed by atoms with Crippen molar-refractivity contribution in [1.82, 2.24) is 15.3 Å². The van der Waals surface area contributed by atoms with Gasteiger partial charge in [0.1, 0.15) is 11.5 Å². The van der Waals surface area contributed by atoms with E-state index in [2.05, 4.69) is 19.5 Å². The lowest BCUT2D eigenvalue weighted by Crippen LogP contribution is -2.46. The number of halogens is 1. The van der Waals surface area contributed by atoms with Gasteiger partial charge in [-0.25, -0.2) is 13.6 Å². The Morgan fingerprint density at radius 1 is 1.15 bits per heavy atom. The number of carbonyl (C=O) groups excluding carboxylic acids is 2. The summed E-state index contributed by atoms with van der Waals surface area (Å²) in [5.41, 5.74) is 5.77. The van der Waals surface area contributed by atoms with Crippen molar-refractivity contribution in [2.45, 2.75) is 57.3 Å². The first-order chi connectivity index (χ1) is 18.2. The number of carbonyl (C=O) groups is 2. The third-order valence-corrected chi connectivity index (χ3v) is 6.82. The summed E-state index contributed by atoms with van der Waals surface area (Å²) in [6, 6.07) is 11.7. The number of hydrogen-bond donors (Lipinski definition) is 4.